The molecule has 2 aromatic carbocycles. The highest BCUT2D eigenvalue weighted by molar-refractivity contribution is 5.82. The average Bonchev–Trinajstić information content (AvgIpc) is 3.04. The second kappa shape index (κ2) is 9.77. The smallest absolute Gasteiger partial charge is 0.197 e. The van der Waals surface area contributed by atoms with Gasteiger partial charge in [-0.05, 0) is 57.6 Å². The third-order valence-electron chi connectivity index (χ3n) is 5.11. The zero-order valence-corrected chi connectivity index (χ0v) is 17.8. The van der Waals surface area contributed by atoms with Crippen LogP contribution < -0.4 is 0 Å². The summed E-state index contributed by atoms with van der Waals surface area (Å²) in [6, 6.07) is 21.6. The minimum absolute atomic E-state index is 0.0466. The maximum atomic E-state index is 5.09. The van der Waals surface area contributed by atoms with Crippen LogP contribution in [0.3, 0.4) is 0 Å². The van der Waals surface area contributed by atoms with Gasteiger partial charge >= 0.3 is 0 Å². The number of hydrogen-bond donors (Lipinski definition) is 0. The standard InChI is InChI=1S/C25H35N3/c1-25(2,3)26-24-27(18-10-16-22-12-6-4-7-13-22)20-21-28(24)19-11-17-23-14-8-5-9-15-23/h4-9,12-15H,10-11,16-21H2,1-3H3. The molecule has 0 atom stereocenters. The maximum absolute atomic E-state index is 5.09. The molecule has 0 aliphatic carbocycles. The van der Waals surface area contributed by atoms with Crippen molar-refractivity contribution in [1.29, 1.82) is 0 Å². The molecule has 0 radical (unpaired) electrons. The van der Waals surface area contributed by atoms with Crippen molar-refractivity contribution in [3.8, 4) is 0 Å². The number of aryl methyl sites for hydroxylation is 2. The zero-order chi connectivity index (χ0) is 19.8. The molecular formula is C25H35N3. The van der Waals surface area contributed by atoms with Gasteiger partial charge in [-0.2, -0.15) is 0 Å². The molecule has 1 aliphatic rings. The molecule has 3 rings (SSSR count). The van der Waals surface area contributed by atoms with Gasteiger partial charge in [-0.15, -0.1) is 0 Å². The molecule has 2 aromatic rings. The van der Waals surface area contributed by atoms with Crippen LogP contribution in [0.4, 0.5) is 0 Å². The second-order valence-corrected chi connectivity index (χ2v) is 8.74. The highest BCUT2D eigenvalue weighted by atomic mass is 15.4. The summed E-state index contributed by atoms with van der Waals surface area (Å²) in [5, 5.41) is 0. The molecule has 28 heavy (non-hydrogen) atoms. The van der Waals surface area contributed by atoms with Crippen molar-refractivity contribution in [3.05, 3.63) is 71.8 Å². The van der Waals surface area contributed by atoms with Crippen LogP contribution in [0.25, 0.3) is 0 Å². The van der Waals surface area contributed by atoms with E-state index in [2.05, 4.69) is 91.2 Å². The Bertz CT molecular complexity index is 676. The Kier molecular flexibility index (Phi) is 7.13. The van der Waals surface area contributed by atoms with E-state index >= 15 is 0 Å². The summed E-state index contributed by atoms with van der Waals surface area (Å²) >= 11 is 0. The van der Waals surface area contributed by atoms with E-state index in [0.717, 1.165) is 39.0 Å². The molecular weight excluding hydrogens is 342 g/mol. The Hall–Kier alpha value is -2.29. The Morgan fingerprint density at radius 3 is 1.54 bits per heavy atom. The van der Waals surface area contributed by atoms with Crippen molar-refractivity contribution in [1.82, 2.24) is 9.80 Å². The summed E-state index contributed by atoms with van der Waals surface area (Å²) in [5.74, 6) is 1.20. The van der Waals surface area contributed by atoms with Crippen molar-refractivity contribution < 1.29 is 0 Å². The molecule has 0 amide bonds. The van der Waals surface area contributed by atoms with Gasteiger partial charge in [-0.25, -0.2) is 4.99 Å². The van der Waals surface area contributed by atoms with Crippen molar-refractivity contribution in [3.63, 3.8) is 0 Å². The number of rotatable bonds is 8. The first-order valence-corrected chi connectivity index (χ1v) is 10.7. The predicted molar refractivity (Wildman–Crippen MR) is 120 cm³/mol. The van der Waals surface area contributed by atoms with Crippen LogP contribution >= 0.6 is 0 Å². The first kappa shape index (κ1) is 20.4. The molecule has 1 heterocycles. The van der Waals surface area contributed by atoms with Gasteiger partial charge in [0.25, 0.3) is 0 Å². The lowest BCUT2D eigenvalue weighted by atomic mass is 10.1. The maximum Gasteiger partial charge on any atom is 0.197 e. The largest absolute Gasteiger partial charge is 0.341 e. The monoisotopic (exact) mass is 377 g/mol. The van der Waals surface area contributed by atoms with E-state index in [4.69, 9.17) is 4.99 Å². The van der Waals surface area contributed by atoms with E-state index in [-0.39, 0.29) is 5.54 Å². The lowest BCUT2D eigenvalue weighted by Crippen LogP contribution is -2.37. The fourth-order valence-electron chi connectivity index (χ4n) is 3.74. The molecule has 150 valence electrons. The van der Waals surface area contributed by atoms with Gasteiger partial charge in [-0.1, -0.05) is 60.7 Å². The van der Waals surface area contributed by atoms with E-state index in [1.165, 1.54) is 29.9 Å². The van der Waals surface area contributed by atoms with Crippen molar-refractivity contribution >= 4 is 5.96 Å². The van der Waals surface area contributed by atoms with Gasteiger partial charge in [-0.3, -0.25) is 0 Å². The van der Waals surface area contributed by atoms with Crippen LogP contribution in [-0.4, -0.2) is 47.5 Å². The molecule has 3 heteroatoms. The first-order chi connectivity index (χ1) is 13.5. The SMILES string of the molecule is CC(C)(C)N=C1N(CCCc2ccccc2)CCN1CCCc1ccccc1. The molecule has 1 fully saturated rings. The van der Waals surface area contributed by atoms with Gasteiger partial charge in [0.05, 0.1) is 5.54 Å². The molecule has 0 bridgehead atoms. The van der Waals surface area contributed by atoms with Gasteiger partial charge in [0.2, 0.25) is 0 Å². The Balaban J connectivity index is 1.55. The minimum Gasteiger partial charge on any atom is -0.341 e. The highest BCUT2D eigenvalue weighted by Gasteiger charge is 2.27. The quantitative estimate of drug-likeness (QED) is 0.643. The molecule has 0 N–H and O–H groups in total. The van der Waals surface area contributed by atoms with Crippen molar-refractivity contribution in [2.45, 2.75) is 52.0 Å². The fourth-order valence-corrected chi connectivity index (χ4v) is 3.74. The summed E-state index contributed by atoms with van der Waals surface area (Å²) in [4.78, 5) is 10.1. The van der Waals surface area contributed by atoms with Crippen LogP contribution in [0, 0.1) is 0 Å². The highest BCUT2D eigenvalue weighted by Crippen LogP contribution is 2.17. The lowest BCUT2D eigenvalue weighted by Gasteiger charge is -2.27. The van der Waals surface area contributed by atoms with E-state index < -0.39 is 0 Å². The van der Waals surface area contributed by atoms with Crippen molar-refractivity contribution in [2.24, 2.45) is 4.99 Å². The molecule has 0 aromatic heterocycles. The first-order valence-electron chi connectivity index (χ1n) is 10.7. The molecule has 1 saturated heterocycles. The van der Waals surface area contributed by atoms with Gasteiger partial charge < -0.3 is 9.80 Å². The topological polar surface area (TPSA) is 18.8 Å². The lowest BCUT2D eigenvalue weighted by molar-refractivity contribution is 0.430. The summed E-state index contributed by atoms with van der Waals surface area (Å²) in [6.07, 6.45) is 4.61. The molecule has 1 aliphatic heterocycles. The summed E-state index contributed by atoms with van der Waals surface area (Å²) in [7, 11) is 0. The second-order valence-electron chi connectivity index (χ2n) is 8.74. The average molecular weight is 378 g/mol. The Morgan fingerprint density at radius 2 is 1.14 bits per heavy atom. The van der Waals surface area contributed by atoms with Crippen LogP contribution in [0.2, 0.25) is 0 Å². The van der Waals surface area contributed by atoms with Gasteiger partial charge in [0, 0.05) is 26.2 Å². The third-order valence-corrected chi connectivity index (χ3v) is 5.11. The summed E-state index contributed by atoms with van der Waals surface area (Å²) < 4.78 is 0. The van der Waals surface area contributed by atoms with Crippen LogP contribution in [0.15, 0.2) is 65.7 Å². The number of nitrogens with zero attached hydrogens (tertiary/aromatic N) is 3. The van der Waals surface area contributed by atoms with Gasteiger partial charge in [0.1, 0.15) is 0 Å². The Labute approximate surface area is 171 Å². The third kappa shape index (κ3) is 6.40. The minimum atomic E-state index is -0.0466. The van der Waals surface area contributed by atoms with E-state index in [1.54, 1.807) is 0 Å². The summed E-state index contributed by atoms with van der Waals surface area (Å²) in [5.41, 5.74) is 2.81. The zero-order valence-electron chi connectivity index (χ0n) is 17.8. The van der Waals surface area contributed by atoms with Crippen LogP contribution in [0.5, 0.6) is 0 Å². The molecule has 0 spiro atoms. The Morgan fingerprint density at radius 1 is 0.714 bits per heavy atom. The fraction of sp³-hybridized carbons (Fsp3) is 0.480. The number of hydrogen-bond acceptors (Lipinski definition) is 1. The van der Waals surface area contributed by atoms with Gasteiger partial charge in [0.15, 0.2) is 5.96 Å². The molecule has 0 saturated carbocycles. The van der Waals surface area contributed by atoms with Crippen molar-refractivity contribution in [2.75, 3.05) is 26.2 Å². The number of benzene rings is 2. The summed E-state index contributed by atoms with van der Waals surface area (Å²) in [6.45, 7) is 10.9. The molecule has 0 unspecified atom stereocenters. The number of aliphatic imine (C=N–C) groups is 1. The van der Waals surface area contributed by atoms with E-state index in [1.807, 2.05) is 0 Å². The van der Waals surface area contributed by atoms with E-state index in [0.29, 0.717) is 0 Å². The predicted octanol–water partition coefficient (Wildman–Crippen LogP) is 5.02. The van der Waals surface area contributed by atoms with Crippen LogP contribution in [-0.2, 0) is 12.8 Å². The van der Waals surface area contributed by atoms with Crippen LogP contribution in [0.1, 0.15) is 44.7 Å². The number of guanidine groups is 1. The normalized spacial score (nSPS) is 14.6. The van der Waals surface area contributed by atoms with E-state index in [9.17, 15) is 0 Å². The molecule has 3 nitrogen and oxygen atoms in total.